The van der Waals surface area contributed by atoms with Gasteiger partial charge in [0.2, 0.25) is 12.3 Å². The summed E-state index contributed by atoms with van der Waals surface area (Å²) in [5.41, 5.74) is -0.253. The lowest BCUT2D eigenvalue weighted by molar-refractivity contribution is -0.154. The summed E-state index contributed by atoms with van der Waals surface area (Å²) in [6, 6.07) is 4.06. The number of nitrogens with zero attached hydrogens (tertiary/aromatic N) is 1. The molecule has 0 aromatic heterocycles. The minimum Gasteiger partial charge on any atom is -0.497 e. The van der Waals surface area contributed by atoms with Crippen LogP contribution in [0.3, 0.4) is 0 Å². The number of ketones is 1. The van der Waals surface area contributed by atoms with E-state index >= 15 is 0 Å². The molecule has 0 heterocycles. The molecule has 0 spiro atoms. The molecule has 0 bridgehead atoms. The number of hydrogen-bond acceptors (Lipinski definition) is 6. The zero-order valence-corrected chi connectivity index (χ0v) is 18.7. The molecule has 30 heavy (non-hydrogen) atoms. The summed E-state index contributed by atoms with van der Waals surface area (Å²) in [6.07, 6.45) is 2.37. The van der Waals surface area contributed by atoms with Crippen molar-refractivity contribution in [2.45, 2.75) is 53.0 Å². The van der Waals surface area contributed by atoms with Gasteiger partial charge in [-0.25, -0.2) is 5.06 Å². The number of amides is 2. The zero-order valence-electron chi connectivity index (χ0n) is 18.7. The molecule has 0 saturated heterocycles. The number of methoxy groups -OCH3 is 2. The molecule has 2 atom stereocenters. The van der Waals surface area contributed by atoms with Crippen molar-refractivity contribution in [1.82, 2.24) is 10.4 Å². The van der Waals surface area contributed by atoms with Crippen LogP contribution in [0.15, 0.2) is 18.2 Å². The third-order valence-corrected chi connectivity index (χ3v) is 4.90. The van der Waals surface area contributed by atoms with E-state index in [1.807, 2.05) is 27.7 Å². The third-order valence-electron chi connectivity index (χ3n) is 4.90. The molecule has 0 fully saturated rings. The van der Waals surface area contributed by atoms with Crippen molar-refractivity contribution in [3.8, 4) is 11.5 Å². The van der Waals surface area contributed by atoms with E-state index in [0.29, 0.717) is 28.5 Å². The summed E-state index contributed by atoms with van der Waals surface area (Å²) in [5.74, 6) is -0.398. The quantitative estimate of drug-likeness (QED) is 0.232. The second-order valence-electron chi connectivity index (χ2n) is 8.30. The second kappa shape index (κ2) is 11.5. The van der Waals surface area contributed by atoms with Crippen LogP contribution in [0.4, 0.5) is 0 Å². The standard InChI is InChI=1S/C22H34N2O6/c1-7-8-9-15(13-24(28)14-25)21(27)23-20(22(2,3)4)19(26)17-11-10-16(29-5)12-18(17)30-6/h10-12,14-15,20,28H,7-9,13H2,1-6H3,(H,23,27)/t15?,20-/m1/s1. The Hall–Kier alpha value is -2.61. The first-order chi connectivity index (χ1) is 14.1. The Morgan fingerprint density at radius 3 is 2.40 bits per heavy atom. The van der Waals surface area contributed by atoms with E-state index in [4.69, 9.17) is 9.47 Å². The molecular formula is C22H34N2O6. The molecule has 1 aromatic carbocycles. The Bertz CT molecular complexity index is 729. The van der Waals surface area contributed by atoms with Crippen molar-refractivity contribution in [3.05, 3.63) is 23.8 Å². The zero-order chi connectivity index (χ0) is 22.9. The van der Waals surface area contributed by atoms with Gasteiger partial charge in [-0.2, -0.15) is 0 Å². The van der Waals surface area contributed by atoms with E-state index in [-0.39, 0.29) is 24.6 Å². The van der Waals surface area contributed by atoms with Crippen LogP contribution in [-0.4, -0.2) is 55.2 Å². The van der Waals surface area contributed by atoms with Crippen LogP contribution in [0.25, 0.3) is 0 Å². The van der Waals surface area contributed by atoms with Crippen LogP contribution in [0.5, 0.6) is 11.5 Å². The van der Waals surface area contributed by atoms with E-state index in [0.717, 1.165) is 12.8 Å². The molecule has 8 nitrogen and oxygen atoms in total. The number of nitrogens with one attached hydrogen (secondary N) is 1. The Labute approximate surface area is 178 Å². The molecule has 2 amide bonds. The fourth-order valence-corrected chi connectivity index (χ4v) is 3.12. The lowest BCUT2D eigenvalue weighted by Crippen LogP contribution is -2.52. The highest BCUT2D eigenvalue weighted by molar-refractivity contribution is 6.04. The second-order valence-corrected chi connectivity index (χ2v) is 8.30. The van der Waals surface area contributed by atoms with Crippen molar-refractivity contribution >= 4 is 18.1 Å². The van der Waals surface area contributed by atoms with E-state index < -0.39 is 17.4 Å². The van der Waals surface area contributed by atoms with Gasteiger partial charge in [-0.15, -0.1) is 0 Å². The summed E-state index contributed by atoms with van der Waals surface area (Å²) in [4.78, 5) is 37.2. The van der Waals surface area contributed by atoms with Gasteiger partial charge >= 0.3 is 0 Å². The molecule has 8 heteroatoms. The van der Waals surface area contributed by atoms with Gasteiger partial charge in [0.15, 0.2) is 5.78 Å². The van der Waals surface area contributed by atoms with Gasteiger partial charge in [0.1, 0.15) is 11.5 Å². The molecule has 0 aliphatic carbocycles. The summed E-state index contributed by atoms with van der Waals surface area (Å²) >= 11 is 0. The third kappa shape index (κ3) is 7.02. The van der Waals surface area contributed by atoms with Crippen LogP contribution in [-0.2, 0) is 9.59 Å². The molecule has 0 aliphatic rings. The minimum atomic E-state index is -0.834. The fourth-order valence-electron chi connectivity index (χ4n) is 3.12. The molecule has 1 unspecified atom stereocenters. The smallest absolute Gasteiger partial charge is 0.233 e. The molecule has 2 N–H and O–H groups in total. The Kier molecular flexibility index (Phi) is 9.78. The molecular weight excluding hydrogens is 388 g/mol. The van der Waals surface area contributed by atoms with Crippen LogP contribution >= 0.6 is 0 Å². The first kappa shape index (κ1) is 25.4. The minimum absolute atomic E-state index is 0.133. The number of unbranched alkanes of at least 4 members (excludes halogenated alkanes) is 1. The Balaban J connectivity index is 3.18. The molecule has 168 valence electrons. The maximum atomic E-state index is 13.4. The van der Waals surface area contributed by atoms with E-state index in [1.165, 1.54) is 14.2 Å². The molecule has 1 aromatic rings. The number of benzene rings is 1. The van der Waals surface area contributed by atoms with Gasteiger partial charge in [-0.05, 0) is 24.0 Å². The normalized spacial score (nSPS) is 13.2. The number of carbonyl (C=O) groups is 3. The average molecular weight is 423 g/mol. The highest BCUT2D eigenvalue weighted by atomic mass is 16.5. The predicted molar refractivity (Wildman–Crippen MR) is 113 cm³/mol. The first-order valence-corrected chi connectivity index (χ1v) is 10.1. The van der Waals surface area contributed by atoms with Crippen LogP contribution < -0.4 is 14.8 Å². The van der Waals surface area contributed by atoms with E-state index in [2.05, 4.69) is 5.32 Å². The van der Waals surface area contributed by atoms with Crippen LogP contribution in [0.2, 0.25) is 0 Å². The topological polar surface area (TPSA) is 105 Å². The maximum Gasteiger partial charge on any atom is 0.233 e. The Morgan fingerprint density at radius 1 is 1.23 bits per heavy atom. The van der Waals surface area contributed by atoms with Crippen LogP contribution in [0.1, 0.15) is 57.3 Å². The maximum absolute atomic E-state index is 13.4. The van der Waals surface area contributed by atoms with Gasteiger partial charge < -0.3 is 14.8 Å². The summed E-state index contributed by atoms with van der Waals surface area (Å²) in [5, 5.41) is 12.9. The van der Waals surface area contributed by atoms with Gasteiger partial charge in [-0.1, -0.05) is 40.5 Å². The highest BCUT2D eigenvalue weighted by Crippen LogP contribution is 2.30. The van der Waals surface area contributed by atoms with Crippen molar-refractivity contribution in [1.29, 1.82) is 0 Å². The number of hydroxylamine groups is 2. The lowest BCUT2D eigenvalue weighted by Gasteiger charge is -2.32. The van der Waals surface area contributed by atoms with Gasteiger partial charge in [-0.3, -0.25) is 19.6 Å². The molecule has 0 saturated carbocycles. The summed E-state index contributed by atoms with van der Waals surface area (Å²) < 4.78 is 10.5. The predicted octanol–water partition coefficient (Wildman–Crippen LogP) is 3.07. The van der Waals surface area contributed by atoms with Gasteiger partial charge in [0.05, 0.1) is 38.3 Å². The number of carbonyl (C=O) groups excluding carboxylic acids is 3. The van der Waals surface area contributed by atoms with Crippen molar-refractivity contribution < 1.29 is 29.1 Å². The van der Waals surface area contributed by atoms with Crippen molar-refractivity contribution in [3.63, 3.8) is 0 Å². The SMILES string of the molecule is CCCCC(CN(O)C=O)C(=O)N[C@H](C(=O)c1ccc(OC)cc1OC)C(C)(C)C. The van der Waals surface area contributed by atoms with Gasteiger partial charge in [0.25, 0.3) is 0 Å². The highest BCUT2D eigenvalue weighted by Gasteiger charge is 2.36. The average Bonchev–Trinajstić information content (AvgIpc) is 2.72. The van der Waals surface area contributed by atoms with Crippen molar-refractivity contribution in [2.75, 3.05) is 20.8 Å². The summed E-state index contributed by atoms with van der Waals surface area (Å²) in [7, 11) is 2.99. The monoisotopic (exact) mass is 422 g/mol. The van der Waals surface area contributed by atoms with E-state index in [9.17, 15) is 19.6 Å². The van der Waals surface area contributed by atoms with Crippen LogP contribution in [0, 0.1) is 11.3 Å². The number of ether oxygens (including phenoxy) is 2. The fraction of sp³-hybridized carbons (Fsp3) is 0.591. The number of rotatable bonds is 12. The molecule has 0 aliphatic heterocycles. The van der Waals surface area contributed by atoms with Crippen molar-refractivity contribution in [2.24, 2.45) is 11.3 Å². The van der Waals surface area contributed by atoms with Gasteiger partial charge in [0, 0.05) is 6.07 Å². The molecule has 0 radical (unpaired) electrons. The Morgan fingerprint density at radius 2 is 1.90 bits per heavy atom. The molecule has 1 rings (SSSR count). The number of hydrogen-bond donors (Lipinski definition) is 2. The number of Topliss-reactive ketones (excluding diaryl/α,β-unsaturated/α-hetero) is 1. The lowest BCUT2D eigenvalue weighted by atomic mass is 9.81. The largest absolute Gasteiger partial charge is 0.497 e. The van der Waals surface area contributed by atoms with E-state index in [1.54, 1.807) is 18.2 Å². The summed E-state index contributed by atoms with van der Waals surface area (Å²) in [6.45, 7) is 7.43. The first-order valence-electron chi connectivity index (χ1n) is 10.1.